The summed E-state index contributed by atoms with van der Waals surface area (Å²) in [5.41, 5.74) is 1.27. The van der Waals surface area contributed by atoms with E-state index >= 15 is 0 Å². The number of allylic oxidation sites excluding steroid dienone is 4. The molecule has 1 aliphatic carbocycles. The normalized spacial score (nSPS) is 33.2. The summed E-state index contributed by atoms with van der Waals surface area (Å²) >= 11 is 0. The zero-order valence-electron chi connectivity index (χ0n) is 6.69. The molecule has 0 aromatic heterocycles. The van der Waals surface area contributed by atoms with E-state index in [0.717, 1.165) is 0 Å². The van der Waals surface area contributed by atoms with Crippen molar-refractivity contribution < 1.29 is 4.39 Å². The second kappa shape index (κ2) is 2.57. The van der Waals surface area contributed by atoms with Gasteiger partial charge in [0.15, 0.2) is 0 Å². The Labute approximate surface area is 61.4 Å². The van der Waals surface area contributed by atoms with E-state index < -0.39 is 0 Å². The monoisotopic (exact) mass is 140 g/mol. The molecule has 0 heterocycles. The first-order valence-corrected chi connectivity index (χ1v) is 3.67. The van der Waals surface area contributed by atoms with Crippen LogP contribution in [-0.4, -0.2) is 0 Å². The molecular formula is C9H13F. The smallest absolute Gasteiger partial charge is 0.103 e. The molecule has 0 spiro atoms. The molecule has 0 aromatic carbocycles. The van der Waals surface area contributed by atoms with Crippen LogP contribution >= 0.6 is 0 Å². The molecule has 2 unspecified atom stereocenters. The van der Waals surface area contributed by atoms with E-state index in [9.17, 15) is 4.39 Å². The summed E-state index contributed by atoms with van der Waals surface area (Å²) in [6.45, 7) is 6.03. The Balaban J connectivity index is 2.86. The van der Waals surface area contributed by atoms with Crippen molar-refractivity contribution in [1.29, 1.82) is 0 Å². The van der Waals surface area contributed by atoms with Crippen molar-refractivity contribution in [2.24, 2.45) is 11.8 Å². The van der Waals surface area contributed by atoms with Crippen molar-refractivity contribution in [3.05, 3.63) is 23.6 Å². The van der Waals surface area contributed by atoms with Gasteiger partial charge in [0.05, 0.1) is 0 Å². The van der Waals surface area contributed by atoms with Crippen molar-refractivity contribution in [2.45, 2.75) is 20.8 Å². The lowest BCUT2D eigenvalue weighted by Crippen LogP contribution is -2.12. The Kier molecular flexibility index (Phi) is 1.93. The fourth-order valence-electron chi connectivity index (χ4n) is 1.15. The van der Waals surface area contributed by atoms with Gasteiger partial charge in [-0.1, -0.05) is 25.5 Å². The van der Waals surface area contributed by atoms with Crippen LogP contribution in [0.1, 0.15) is 20.8 Å². The van der Waals surface area contributed by atoms with Crippen molar-refractivity contribution in [2.75, 3.05) is 0 Å². The molecule has 0 bridgehead atoms. The molecule has 10 heavy (non-hydrogen) atoms. The summed E-state index contributed by atoms with van der Waals surface area (Å²) < 4.78 is 12.8. The standard InChI is InChI=1S/C9H13F/c1-6-4-5-9(10)8(3)7(6)2/h4-5,7-8H,1-3H3. The van der Waals surface area contributed by atoms with E-state index in [-0.39, 0.29) is 11.7 Å². The summed E-state index contributed by atoms with van der Waals surface area (Å²) in [5, 5.41) is 0. The van der Waals surface area contributed by atoms with E-state index in [1.54, 1.807) is 6.08 Å². The first-order valence-electron chi connectivity index (χ1n) is 3.67. The van der Waals surface area contributed by atoms with E-state index in [1.165, 1.54) is 5.57 Å². The van der Waals surface area contributed by atoms with E-state index in [4.69, 9.17) is 0 Å². The fourth-order valence-corrected chi connectivity index (χ4v) is 1.15. The molecule has 56 valence electrons. The van der Waals surface area contributed by atoms with Crippen LogP contribution in [0, 0.1) is 11.8 Å². The number of hydrogen-bond acceptors (Lipinski definition) is 0. The summed E-state index contributed by atoms with van der Waals surface area (Å²) in [7, 11) is 0. The van der Waals surface area contributed by atoms with Crippen LogP contribution in [0.3, 0.4) is 0 Å². The summed E-state index contributed by atoms with van der Waals surface area (Å²) in [6, 6.07) is 0. The van der Waals surface area contributed by atoms with Gasteiger partial charge in [0.1, 0.15) is 5.83 Å². The third kappa shape index (κ3) is 1.13. The van der Waals surface area contributed by atoms with Gasteiger partial charge in [-0.05, 0) is 18.9 Å². The highest BCUT2D eigenvalue weighted by Gasteiger charge is 2.20. The zero-order chi connectivity index (χ0) is 7.72. The predicted molar refractivity (Wildman–Crippen MR) is 41.3 cm³/mol. The average molecular weight is 140 g/mol. The van der Waals surface area contributed by atoms with Gasteiger partial charge in [-0.25, -0.2) is 4.39 Å². The Morgan fingerprint density at radius 2 is 1.80 bits per heavy atom. The van der Waals surface area contributed by atoms with E-state index in [0.29, 0.717) is 5.92 Å². The molecule has 0 saturated carbocycles. The highest BCUT2D eigenvalue weighted by Crippen LogP contribution is 2.30. The summed E-state index contributed by atoms with van der Waals surface area (Å²) in [4.78, 5) is 0. The first-order chi connectivity index (χ1) is 4.63. The SMILES string of the molecule is CC1=CC=C(F)C(C)C1C. The maximum absolute atomic E-state index is 12.8. The van der Waals surface area contributed by atoms with Crippen LogP contribution in [0.4, 0.5) is 4.39 Å². The Morgan fingerprint density at radius 3 is 2.30 bits per heavy atom. The number of rotatable bonds is 0. The van der Waals surface area contributed by atoms with Crippen LogP contribution in [-0.2, 0) is 0 Å². The summed E-state index contributed by atoms with van der Waals surface area (Å²) in [5.74, 6) is 0.452. The lowest BCUT2D eigenvalue weighted by molar-refractivity contribution is 0.402. The molecule has 0 N–H and O–H groups in total. The van der Waals surface area contributed by atoms with Crippen LogP contribution in [0.2, 0.25) is 0 Å². The van der Waals surface area contributed by atoms with Gasteiger partial charge in [0, 0.05) is 5.92 Å². The molecule has 2 atom stereocenters. The molecule has 1 aliphatic rings. The van der Waals surface area contributed by atoms with Crippen molar-refractivity contribution in [3.8, 4) is 0 Å². The maximum atomic E-state index is 12.8. The average Bonchev–Trinajstić information content (AvgIpc) is 1.93. The number of halogens is 1. The predicted octanol–water partition coefficient (Wildman–Crippen LogP) is 3.07. The Morgan fingerprint density at radius 1 is 1.20 bits per heavy atom. The van der Waals surface area contributed by atoms with Gasteiger partial charge in [0.2, 0.25) is 0 Å². The highest BCUT2D eigenvalue weighted by molar-refractivity contribution is 5.23. The van der Waals surface area contributed by atoms with Gasteiger partial charge < -0.3 is 0 Å². The van der Waals surface area contributed by atoms with Crippen LogP contribution in [0.25, 0.3) is 0 Å². The molecular weight excluding hydrogens is 127 g/mol. The van der Waals surface area contributed by atoms with Gasteiger partial charge in [-0.3, -0.25) is 0 Å². The molecule has 1 heteroatoms. The molecule has 0 aromatic rings. The number of hydrogen-bond donors (Lipinski definition) is 0. The van der Waals surface area contributed by atoms with Crippen LogP contribution < -0.4 is 0 Å². The van der Waals surface area contributed by atoms with E-state index in [1.807, 2.05) is 19.9 Å². The molecule has 0 saturated heterocycles. The molecule has 0 nitrogen and oxygen atoms in total. The third-order valence-electron chi connectivity index (χ3n) is 2.41. The second-order valence-electron chi connectivity index (χ2n) is 3.04. The highest BCUT2D eigenvalue weighted by atomic mass is 19.1. The molecule has 0 aliphatic heterocycles. The minimum atomic E-state index is 0.0121. The molecule has 0 amide bonds. The minimum Gasteiger partial charge on any atom is -0.212 e. The Bertz CT molecular complexity index is 167. The maximum Gasteiger partial charge on any atom is 0.103 e. The van der Waals surface area contributed by atoms with Gasteiger partial charge in [0.25, 0.3) is 0 Å². The largest absolute Gasteiger partial charge is 0.212 e. The van der Waals surface area contributed by atoms with Crippen LogP contribution in [0.15, 0.2) is 23.6 Å². The summed E-state index contributed by atoms with van der Waals surface area (Å²) in [6.07, 6.45) is 3.43. The molecule has 0 radical (unpaired) electrons. The first kappa shape index (κ1) is 7.52. The Hall–Kier alpha value is -0.590. The third-order valence-corrected chi connectivity index (χ3v) is 2.41. The van der Waals surface area contributed by atoms with Crippen LogP contribution in [0.5, 0.6) is 0 Å². The van der Waals surface area contributed by atoms with E-state index in [2.05, 4.69) is 6.92 Å². The van der Waals surface area contributed by atoms with Gasteiger partial charge in [-0.2, -0.15) is 0 Å². The molecule has 0 fully saturated rings. The lowest BCUT2D eigenvalue weighted by atomic mass is 9.85. The van der Waals surface area contributed by atoms with Crippen molar-refractivity contribution in [3.63, 3.8) is 0 Å². The van der Waals surface area contributed by atoms with Crippen molar-refractivity contribution >= 4 is 0 Å². The molecule has 1 rings (SSSR count). The zero-order valence-corrected chi connectivity index (χ0v) is 6.69. The topological polar surface area (TPSA) is 0 Å². The van der Waals surface area contributed by atoms with Gasteiger partial charge >= 0.3 is 0 Å². The second-order valence-corrected chi connectivity index (χ2v) is 3.04. The fraction of sp³-hybridized carbons (Fsp3) is 0.556. The minimum absolute atomic E-state index is 0.0121. The van der Waals surface area contributed by atoms with Crippen molar-refractivity contribution in [1.82, 2.24) is 0 Å². The van der Waals surface area contributed by atoms with Gasteiger partial charge in [-0.15, -0.1) is 0 Å². The lowest BCUT2D eigenvalue weighted by Gasteiger charge is -2.22. The quantitative estimate of drug-likeness (QED) is 0.485.